The summed E-state index contributed by atoms with van der Waals surface area (Å²) in [5, 5.41) is 11.0. The van der Waals surface area contributed by atoms with E-state index in [1.807, 2.05) is 4.90 Å². The monoisotopic (exact) mass is 539 g/mol. The van der Waals surface area contributed by atoms with E-state index in [0.29, 0.717) is 53.9 Å². The van der Waals surface area contributed by atoms with Gasteiger partial charge in [0, 0.05) is 31.6 Å². The van der Waals surface area contributed by atoms with Crippen LogP contribution in [0.15, 0.2) is 52.5 Å². The maximum Gasteiger partial charge on any atom is 0.416 e. The molecular weight excluding hydrogens is 520 g/mol. The van der Waals surface area contributed by atoms with E-state index in [1.165, 1.54) is 6.20 Å². The van der Waals surface area contributed by atoms with E-state index in [2.05, 4.69) is 20.5 Å². The number of thioether (sulfide) groups is 1. The number of amides is 1. The van der Waals surface area contributed by atoms with Crippen molar-refractivity contribution < 1.29 is 31.1 Å². The van der Waals surface area contributed by atoms with Crippen LogP contribution in [-0.2, 0) is 23.6 Å². The Morgan fingerprint density at radius 3 is 2.46 bits per heavy atom. The smallest absolute Gasteiger partial charge is 0.348 e. The number of carbonyl (C=O) groups is 1. The maximum absolute atomic E-state index is 13.9. The number of hydrogen-bond acceptors (Lipinski definition) is 5. The van der Waals surface area contributed by atoms with Crippen LogP contribution in [0.25, 0.3) is 16.5 Å². The van der Waals surface area contributed by atoms with Crippen LogP contribution in [0.3, 0.4) is 0 Å². The molecule has 1 amide bonds. The Bertz CT molecular complexity index is 1420. The van der Waals surface area contributed by atoms with Gasteiger partial charge in [-0.25, -0.2) is 0 Å². The highest BCUT2D eigenvalue weighted by molar-refractivity contribution is 8.18. The lowest BCUT2D eigenvalue weighted by Crippen LogP contribution is -2.45. The zero-order valence-corrected chi connectivity index (χ0v) is 19.8. The molecular formula is C24H19F6N5OS. The van der Waals surface area contributed by atoms with Crippen LogP contribution in [0.5, 0.6) is 0 Å². The summed E-state index contributed by atoms with van der Waals surface area (Å²) < 4.78 is 81.3. The zero-order chi connectivity index (χ0) is 26.4. The van der Waals surface area contributed by atoms with Gasteiger partial charge in [0.1, 0.15) is 0 Å². The molecule has 2 N–H and O–H groups in total. The second-order valence-corrected chi connectivity index (χ2v) is 9.54. The minimum atomic E-state index is -5.03. The van der Waals surface area contributed by atoms with Gasteiger partial charge in [-0.3, -0.25) is 9.89 Å². The van der Waals surface area contributed by atoms with Crippen molar-refractivity contribution >= 4 is 39.3 Å². The minimum Gasteiger partial charge on any atom is -0.348 e. The summed E-state index contributed by atoms with van der Waals surface area (Å²) in [6, 6.07) is 6.55. The van der Waals surface area contributed by atoms with Crippen molar-refractivity contribution in [3.05, 3.63) is 69.8 Å². The fraction of sp³-hybridized carbons (Fsp3) is 0.292. The Hall–Kier alpha value is -3.32. The highest BCUT2D eigenvalue weighted by atomic mass is 32.2. The van der Waals surface area contributed by atoms with E-state index in [-0.39, 0.29) is 22.1 Å². The van der Waals surface area contributed by atoms with Crippen molar-refractivity contribution in [3.8, 4) is 0 Å². The van der Waals surface area contributed by atoms with Crippen LogP contribution in [0.4, 0.5) is 26.3 Å². The van der Waals surface area contributed by atoms with Gasteiger partial charge in [0.05, 0.1) is 27.7 Å². The zero-order valence-electron chi connectivity index (χ0n) is 19.0. The van der Waals surface area contributed by atoms with Gasteiger partial charge >= 0.3 is 12.4 Å². The first kappa shape index (κ1) is 25.3. The normalized spacial score (nSPS) is 18.5. The molecule has 194 valence electrons. The molecule has 3 heterocycles. The molecule has 2 aliphatic rings. The number of benzene rings is 2. The SMILES string of the molecule is O=C1N=C(N2CCNCC2)SC1=C(Cc1ccc(C(F)(F)F)cc1C(F)(F)F)c1ccc2[nH]ncc2c1. The average Bonchev–Trinajstić information content (AvgIpc) is 3.48. The molecule has 37 heavy (non-hydrogen) atoms. The van der Waals surface area contributed by atoms with Gasteiger partial charge in [-0.2, -0.15) is 36.4 Å². The number of allylic oxidation sites excluding steroid dienone is 1. The lowest BCUT2D eigenvalue weighted by Gasteiger charge is -2.28. The van der Waals surface area contributed by atoms with Gasteiger partial charge in [-0.1, -0.05) is 12.1 Å². The number of aliphatic imine (C=N–C) groups is 1. The van der Waals surface area contributed by atoms with Crippen molar-refractivity contribution in [2.24, 2.45) is 4.99 Å². The summed E-state index contributed by atoms with van der Waals surface area (Å²) in [6.45, 7) is 2.61. The van der Waals surface area contributed by atoms with Gasteiger partial charge in [0.15, 0.2) is 5.17 Å². The third kappa shape index (κ3) is 5.23. The Morgan fingerprint density at radius 1 is 1.00 bits per heavy atom. The number of H-pyrrole nitrogens is 1. The van der Waals surface area contributed by atoms with Crippen LogP contribution in [0.2, 0.25) is 0 Å². The summed E-state index contributed by atoms with van der Waals surface area (Å²) >= 11 is 1.07. The van der Waals surface area contributed by atoms with Gasteiger partial charge in [0.2, 0.25) is 0 Å². The van der Waals surface area contributed by atoms with Crippen molar-refractivity contribution in [1.82, 2.24) is 20.4 Å². The van der Waals surface area contributed by atoms with Crippen molar-refractivity contribution in [2.45, 2.75) is 18.8 Å². The van der Waals surface area contributed by atoms with E-state index in [0.717, 1.165) is 17.8 Å². The largest absolute Gasteiger partial charge is 0.416 e. The Labute approximate surface area is 210 Å². The fourth-order valence-electron chi connectivity index (χ4n) is 4.28. The number of rotatable bonds is 3. The number of hydrogen-bond donors (Lipinski definition) is 2. The third-order valence-corrected chi connectivity index (χ3v) is 7.30. The second-order valence-electron chi connectivity index (χ2n) is 8.56. The molecule has 6 nitrogen and oxygen atoms in total. The Balaban J connectivity index is 1.61. The van der Waals surface area contributed by atoms with E-state index in [1.54, 1.807) is 18.2 Å². The van der Waals surface area contributed by atoms with Crippen LogP contribution >= 0.6 is 11.8 Å². The predicted octanol–water partition coefficient (Wildman–Crippen LogP) is 5.09. The Kier molecular flexibility index (Phi) is 6.52. The van der Waals surface area contributed by atoms with E-state index < -0.39 is 35.8 Å². The number of alkyl halides is 6. The van der Waals surface area contributed by atoms with Crippen molar-refractivity contribution in [1.29, 1.82) is 0 Å². The summed E-state index contributed by atoms with van der Waals surface area (Å²) in [4.78, 5) is 19.2. The minimum absolute atomic E-state index is 0.114. The van der Waals surface area contributed by atoms with Crippen LogP contribution in [0, 0.1) is 0 Å². The molecule has 0 aliphatic carbocycles. The lowest BCUT2D eigenvalue weighted by molar-refractivity contribution is -0.143. The molecule has 1 saturated heterocycles. The lowest BCUT2D eigenvalue weighted by atomic mass is 9.92. The van der Waals surface area contributed by atoms with Gasteiger partial charge < -0.3 is 10.2 Å². The second kappa shape index (κ2) is 9.53. The van der Waals surface area contributed by atoms with E-state index >= 15 is 0 Å². The number of nitrogens with one attached hydrogen (secondary N) is 2. The first-order chi connectivity index (χ1) is 17.5. The van der Waals surface area contributed by atoms with Crippen LogP contribution in [0.1, 0.15) is 22.3 Å². The number of fused-ring (bicyclic) bond motifs is 1. The van der Waals surface area contributed by atoms with E-state index in [4.69, 9.17) is 0 Å². The van der Waals surface area contributed by atoms with Gasteiger partial charge in [0.25, 0.3) is 5.91 Å². The number of carbonyl (C=O) groups excluding carboxylic acids is 1. The molecule has 1 aromatic heterocycles. The summed E-state index contributed by atoms with van der Waals surface area (Å²) in [5.74, 6) is -0.596. The predicted molar refractivity (Wildman–Crippen MR) is 128 cm³/mol. The number of nitrogens with zero attached hydrogens (tertiary/aromatic N) is 3. The molecule has 13 heteroatoms. The molecule has 5 rings (SSSR count). The third-order valence-electron chi connectivity index (χ3n) is 6.14. The number of amidine groups is 1. The molecule has 3 aromatic rings. The standard InChI is InChI=1S/C24H19F6N5OS/c25-23(26,27)16-3-1-14(18(11-16)24(28,29)30)10-17(13-2-4-19-15(9-13)12-32-34-19)20-21(36)33-22(37-20)35-7-5-31-6-8-35/h1-4,9,11-12,31H,5-8,10H2,(H,32,34). The molecule has 0 bridgehead atoms. The molecule has 2 aliphatic heterocycles. The molecule has 0 unspecified atom stereocenters. The summed E-state index contributed by atoms with van der Waals surface area (Å²) in [6.07, 6.45) is -8.85. The van der Waals surface area contributed by atoms with Gasteiger partial charge in [-0.05, 0) is 59.1 Å². The van der Waals surface area contributed by atoms with E-state index in [9.17, 15) is 31.1 Å². The topological polar surface area (TPSA) is 73.4 Å². The van der Waals surface area contributed by atoms with Crippen molar-refractivity contribution in [3.63, 3.8) is 0 Å². The highest BCUT2D eigenvalue weighted by Gasteiger charge is 2.39. The quantitative estimate of drug-likeness (QED) is 0.359. The first-order valence-corrected chi connectivity index (χ1v) is 12.0. The van der Waals surface area contributed by atoms with Crippen LogP contribution in [-0.4, -0.2) is 52.4 Å². The van der Waals surface area contributed by atoms with Gasteiger partial charge in [-0.15, -0.1) is 0 Å². The average molecular weight is 540 g/mol. The number of halogens is 6. The Morgan fingerprint density at radius 2 is 1.76 bits per heavy atom. The first-order valence-electron chi connectivity index (χ1n) is 11.2. The fourth-order valence-corrected chi connectivity index (χ4v) is 5.35. The summed E-state index contributed by atoms with van der Waals surface area (Å²) in [7, 11) is 0. The molecule has 0 atom stereocenters. The van der Waals surface area contributed by atoms with Crippen molar-refractivity contribution in [2.75, 3.05) is 26.2 Å². The molecule has 0 spiro atoms. The summed E-state index contributed by atoms with van der Waals surface area (Å²) in [5.41, 5.74) is -1.79. The van der Waals surface area contributed by atoms with Crippen LogP contribution < -0.4 is 5.32 Å². The number of aromatic nitrogens is 2. The molecule has 1 fully saturated rings. The molecule has 0 saturated carbocycles. The molecule has 0 radical (unpaired) electrons. The molecule has 2 aromatic carbocycles. The number of aromatic amines is 1. The highest BCUT2D eigenvalue weighted by Crippen LogP contribution is 2.42. The maximum atomic E-state index is 13.9. The number of piperazine rings is 1.